The molecule has 0 spiro atoms. The number of ketones is 4. The molecule has 0 atom stereocenters. The first kappa shape index (κ1) is 17.2. The fourth-order valence-electron chi connectivity index (χ4n) is 1.44. The van der Waals surface area contributed by atoms with Crippen LogP contribution in [0, 0.1) is 0 Å². The van der Waals surface area contributed by atoms with Gasteiger partial charge in [0.15, 0.2) is 11.6 Å². The highest BCUT2D eigenvalue weighted by molar-refractivity contribution is 6.49. The van der Waals surface area contributed by atoms with Crippen molar-refractivity contribution in [3.8, 4) is 0 Å². The molecule has 112 valence electrons. The zero-order valence-corrected chi connectivity index (χ0v) is 12.4. The first-order valence-corrected chi connectivity index (χ1v) is 6.64. The van der Waals surface area contributed by atoms with Crippen molar-refractivity contribution in [2.75, 3.05) is 0 Å². The van der Waals surface area contributed by atoms with E-state index in [-0.39, 0.29) is 11.6 Å². The van der Waals surface area contributed by atoms with E-state index in [9.17, 15) is 19.2 Å². The van der Waals surface area contributed by atoms with E-state index in [1.54, 1.807) is 48.5 Å². The summed E-state index contributed by atoms with van der Waals surface area (Å²) in [4.78, 5) is 43.2. The van der Waals surface area contributed by atoms with Crippen LogP contribution < -0.4 is 0 Å². The van der Waals surface area contributed by atoms with Crippen molar-refractivity contribution in [3.63, 3.8) is 0 Å². The molecule has 0 bridgehead atoms. The molecule has 0 unspecified atom stereocenters. The highest BCUT2D eigenvalue weighted by atomic mass is 16.2. The lowest BCUT2D eigenvalue weighted by Crippen LogP contribution is -2.14. The second kappa shape index (κ2) is 8.42. The number of hydrogen-bond acceptors (Lipinski definition) is 4. The number of carbonyl (C=O) groups is 4. The maximum Gasteiger partial charge on any atom is 0.233 e. The van der Waals surface area contributed by atoms with Gasteiger partial charge in [-0.25, -0.2) is 0 Å². The van der Waals surface area contributed by atoms with Crippen molar-refractivity contribution in [1.29, 1.82) is 0 Å². The topological polar surface area (TPSA) is 68.3 Å². The third-order valence-corrected chi connectivity index (χ3v) is 2.77. The number of carbonyl (C=O) groups excluding carboxylic acids is 4. The molecule has 0 heterocycles. The Labute approximate surface area is 128 Å². The molecule has 2 aromatic carbocycles. The molecule has 0 aliphatic carbocycles. The summed E-state index contributed by atoms with van der Waals surface area (Å²) in [6, 6.07) is 17.2. The van der Waals surface area contributed by atoms with Gasteiger partial charge in [-0.2, -0.15) is 0 Å². The Kier molecular flexibility index (Phi) is 6.57. The summed E-state index contributed by atoms with van der Waals surface area (Å²) in [5.74, 6) is -1.69. The highest BCUT2D eigenvalue weighted by Gasteiger charge is 2.16. The van der Waals surface area contributed by atoms with Crippen LogP contribution in [0.2, 0.25) is 0 Å². The van der Waals surface area contributed by atoms with Crippen molar-refractivity contribution in [2.24, 2.45) is 0 Å². The molecular formula is C18H16O4. The Hall–Kier alpha value is -2.88. The minimum atomic E-state index is -0.466. The highest BCUT2D eigenvalue weighted by Crippen LogP contribution is 2.07. The summed E-state index contributed by atoms with van der Waals surface area (Å²) in [5, 5.41) is 0. The molecule has 0 radical (unpaired) electrons. The number of rotatable bonds is 4. The monoisotopic (exact) mass is 296 g/mol. The Balaban J connectivity index is 0.000000346. The summed E-state index contributed by atoms with van der Waals surface area (Å²) in [7, 11) is 0. The van der Waals surface area contributed by atoms with Crippen LogP contribution in [-0.4, -0.2) is 23.1 Å². The fourth-order valence-corrected chi connectivity index (χ4v) is 1.44. The fraction of sp³-hybridized carbons (Fsp3) is 0.111. The molecule has 0 saturated heterocycles. The average Bonchev–Trinajstić information content (AvgIpc) is 2.55. The molecule has 4 heteroatoms. The van der Waals surface area contributed by atoms with E-state index in [1.165, 1.54) is 13.8 Å². The summed E-state index contributed by atoms with van der Waals surface area (Å²) in [5.41, 5.74) is 0.854. The minimum Gasteiger partial charge on any atom is -0.291 e. The van der Waals surface area contributed by atoms with Crippen molar-refractivity contribution >= 4 is 23.1 Å². The van der Waals surface area contributed by atoms with Crippen molar-refractivity contribution in [3.05, 3.63) is 71.8 Å². The molecule has 0 aliphatic heterocycles. The molecule has 0 aliphatic rings. The normalized spacial score (nSPS) is 9.18. The maximum atomic E-state index is 11.8. The molecule has 4 nitrogen and oxygen atoms in total. The van der Waals surface area contributed by atoms with Gasteiger partial charge in [0, 0.05) is 25.0 Å². The van der Waals surface area contributed by atoms with Gasteiger partial charge in [0.2, 0.25) is 11.6 Å². The van der Waals surface area contributed by atoms with Crippen LogP contribution in [0.15, 0.2) is 60.7 Å². The molecule has 22 heavy (non-hydrogen) atoms. The van der Waals surface area contributed by atoms with Crippen LogP contribution in [0.4, 0.5) is 0 Å². The van der Waals surface area contributed by atoms with E-state index in [0.29, 0.717) is 11.1 Å². The minimum absolute atomic E-state index is 0.380. The zero-order chi connectivity index (χ0) is 16.5. The van der Waals surface area contributed by atoms with Crippen molar-refractivity contribution in [1.82, 2.24) is 0 Å². The molecule has 0 N–H and O–H groups in total. The summed E-state index contributed by atoms with van der Waals surface area (Å²) in [6.45, 7) is 2.50. The van der Waals surface area contributed by atoms with Crippen LogP contribution >= 0.6 is 0 Å². The lowest BCUT2D eigenvalue weighted by molar-refractivity contribution is -0.134. The van der Waals surface area contributed by atoms with Crippen LogP contribution in [0.5, 0.6) is 0 Å². The Morgan fingerprint density at radius 1 is 0.545 bits per heavy atom. The van der Waals surface area contributed by atoms with Crippen LogP contribution in [0.3, 0.4) is 0 Å². The summed E-state index contributed by atoms with van der Waals surface area (Å²) < 4.78 is 0. The largest absolute Gasteiger partial charge is 0.291 e. The van der Waals surface area contributed by atoms with Gasteiger partial charge in [-0.3, -0.25) is 19.2 Å². The van der Waals surface area contributed by atoms with Crippen LogP contribution in [0.1, 0.15) is 34.6 Å². The second-order valence-electron chi connectivity index (χ2n) is 4.50. The third kappa shape index (κ3) is 5.25. The quantitative estimate of drug-likeness (QED) is 0.642. The van der Waals surface area contributed by atoms with E-state index in [4.69, 9.17) is 0 Å². The number of benzene rings is 2. The smallest absolute Gasteiger partial charge is 0.233 e. The van der Waals surface area contributed by atoms with E-state index in [2.05, 4.69) is 0 Å². The number of Topliss-reactive ketones (excluding diaryl/α,β-unsaturated/α-hetero) is 4. The van der Waals surface area contributed by atoms with Gasteiger partial charge < -0.3 is 0 Å². The molecule has 0 saturated carbocycles. The van der Waals surface area contributed by atoms with Gasteiger partial charge in [-0.1, -0.05) is 60.7 Å². The van der Waals surface area contributed by atoms with Gasteiger partial charge in [0.25, 0.3) is 0 Å². The second-order valence-corrected chi connectivity index (χ2v) is 4.50. The van der Waals surface area contributed by atoms with Crippen molar-refractivity contribution in [2.45, 2.75) is 13.8 Å². The predicted octanol–water partition coefficient (Wildman–Crippen LogP) is 2.92. The van der Waals surface area contributed by atoms with Gasteiger partial charge >= 0.3 is 0 Å². The Morgan fingerprint density at radius 2 is 0.818 bits per heavy atom. The zero-order valence-electron chi connectivity index (χ0n) is 12.4. The molecule has 0 amide bonds. The van der Waals surface area contributed by atoms with E-state index < -0.39 is 11.6 Å². The average molecular weight is 296 g/mol. The van der Waals surface area contributed by atoms with Crippen molar-refractivity contribution < 1.29 is 19.2 Å². The first-order valence-electron chi connectivity index (χ1n) is 6.64. The lowest BCUT2D eigenvalue weighted by atomic mass is 10.0. The van der Waals surface area contributed by atoms with Crippen LogP contribution in [-0.2, 0) is 9.59 Å². The van der Waals surface area contributed by atoms with Gasteiger partial charge in [-0.05, 0) is 0 Å². The van der Waals surface area contributed by atoms with Gasteiger partial charge in [0.1, 0.15) is 0 Å². The predicted molar refractivity (Wildman–Crippen MR) is 82.9 cm³/mol. The Bertz CT molecular complexity index is 611. The lowest BCUT2D eigenvalue weighted by Gasteiger charge is -1.99. The third-order valence-electron chi connectivity index (χ3n) is 2.77. The summed E-state index contributed by atoms with van der Waals surface area (Å²) in [6.07, 6.45) is 0. The molecule has 2 aromatic rings. The van der Waals surface area contributed by atoms with Gasteiger partial charge in [-0.15, -0.1) is 0 Å². The molecular weight excluding hydrogens is 280 g/mol. The SMILES string of the molecule is CC(=O)C(C)=O.O=C(C(=O)c1ccccc1)c1ccccc1. The molecule has 0 aromatic heterocycles. The van der Waals surface area contributed by atoms with Crippen LogP contribution in [0.25, 0.3) is 0 Å². The standard InChI is InChI=1S/C14H10O2.C4H6O2/c15-13(11-7-3-1-4-8-11)14(16)12-9-5-2-6-10-12;1-3(5)4(2)6/h1-10H;1-2H3. The summed E-state index contributed by atoms with van der Waals surface area (Å²) >= 11 is 0. The van der Waals surface area contributed by atoms with E-state index >= 15 is 0 Å². The van der Waals surface area contributed by atoms with Gasteiger partial charge in [0.05, 0.1) is 0 Å². The molecule has 2 rings (SSSR count). The first-order chi connectivity index (χ1) is 10.4. The van der Waals surface area contributed by atoms with E-state index in [1.807, 2.05) is 12.1 Å². The maximum absolute atomic E-state index is 11.8. The number of hydrogen-bond donors (Lipinski definition) is 0. The van der Waals surface area contributed by atoms with E-state index in [0.717, 1.165) is 0 Å². The Morgan fingerprint density at radius 3 is 1.05 bits per heavy atom. The molecule has 0 fully saturated rings.